The van der Waals surface area contributed by atoms with Crippen molar-refractivity contribution in [1.29, 1.82) is 0 Å². The normalized spacial score (nSPS) is 23.5. The first-order valence-electron chi connectivity index (χ1n) is 8.12. The molecule has 21 heavy (non-hydrogen) atoms. The molecule has 0 aliphatic heterocycles. The summed E-state index contributed by atoms with van der Waals surface area (Å²) in [6, 6.07) is 0. The Hall–Kier alpha value is -1.10. The Morgan fingerprint density at radius 1 is 1.10 bits per heavy atom. The van der Waals surface area contributed by atoms with Gasteiger partial charge in [-0.05, 0) is 32.1 Å². The Kier molecular flexibility index (Phi) is 8.35. The molecular weight excluding hydrogens is 272 g/mol. The molecule has 1 atom stereocenters. The van der Waals surface area contributed by atoms with E-state index < -0.39 is 12.1 Å². The molecule has 1 unspecified atom stereocenters. The monoisotopic (exact) mass is 300 g/mol. The Morgan fingerprint density at radius 2 is 1.71 bits per heavy atom. The van der Waals surface area contributed by atoms with E-state index in [1.165, 1.54) is 6.42 Å². The van der Waals surface area contributed by atoms with Crippen LogP contribution in [0.3, 0.4) is 0 Å². The minimum Gasteiger partial charge on any atom is -0.481 e. The molecule has 0 spiro atoms. The maximum Gasteiger partial charge on any atom is 0.309 e. The Bertz CT molecular complexity index is 321. The zero-order valence-electron chi connectivity index (χ0n) is 12.9. The largest absolute Gasteiger partial charge is 0.481 e. The van der Waals surface area contributed by atoms with Crippen molar-refractivity contribution in [3.05, 3.63) is 0 Å². The summed E-state index contributed by atoms with van der Waals surface area (Å²) < 4.78 is 5.16. The molecule has 0 radical (unpaired) electrons. The fourth-order valence-corrected chi connectivity index (χ4v) is 2.76. The lowest BCUT2D eigenvalue weighted by Gasteiger charge is -2.25. The standard InChI is InChI=1S/C16H28O5/c1-2-3-4-5-6-14(17)11-21-16(20)13-9-7-12(8-10-13)15(18)19/h12-14,17H,2-11H2,1H3,(H,18,19). The van der Waals surface area contributed by atoms with Gasteiger partial charge >= 0.3 is 11.9 Å². The van der Waals surface area contributed by atoms with Crippen molar-refractivity contribution in [2.45, 2.75) is 70.8 Å². The highest BCUT2D eigenvalue weighted by atomic mass is 16.5. The van der Waals surface area contributed by atoms with Crippen LogP contribution in [0.2, 0.25) is 0 Å². The molecule has 0 aromatic heterocycles. The molecule has 0 bridgehead atoms. The van der Waals surface area contributed by atoms with E-state index in [-0.39, 0.29) is 24.4 Å². The number of carboxylic acid groups (broad SMARTS) is 1. The van der Waals surface area contributed by atoms with Crippen LogP contribution in [0, 0.1) is 11.8 Å². The number of aliphatic carboxylic acids is 1. The summed E-state index contributed by atoms with van der Waals surface area (Å²) in [5.41, 5.74) is 0. The number of unbranched alkanes of at least 4 members (excludes halogenated alkanes) is 3. The Balaban J connectivity index is 2.15. The molecule has 0 aromatic rings. The fourth-order valence-electron chi connectivity index (χ4n) is 2.76. The molecule has 1 aliphatic rings. The van der Waals surface area contributed by atoms with Crippen LogP contribution < -0.4 is 0 Å². The second-order valence-electron chi connectivity index (χ2n) is 6.02. The first kappa shape index (κ1) is 18.0. The SMILES string of the molecule is CCCCCCC(O)COC(=O)C1CCC(C(=O)O)CC1. The number of rotatable bonds is 9. The molecule has 1 fully saturated rings. The summed E-state index contributed by atoms with van der Waals surface area (Å²) in [4.78, 5) is 22.7. The maximum atomic E-state index is 11.9. The molecule has 5 heteroatoms. The van der Waals surface area contributed by atoms with Gasteiger partial charge in [0.15, 0.2) is 0 Å². The van der Waals surface area contributed by atoms with Crippen molar-refractivity contribution in [3.63, 3.8) is 0 Å². The van der Waals surface area contributed by atoms with Crippen LogP contribution in [0.5, 0.6) is 0 Å². The molecule has 122 valence electrons. The zero-order chi connectivity index (χ0) is 15.7. The van der Waals surface area contributed by atoms with Gasteiger partial charge in [-0.1, -0.05) is 32.6 Å². The number of esters is 1. The van der Waals surface area contributed by atoms with Crippen LogP contribution in [-0.4, -0.2) is 34.9 Å². The molecule has 0 heterocycles. The van der Waals surface area contributed by atoms with E-state index in [0.717, 1.165) is 19.3 Å². The van der Waals surface area contributed by atoms with Gasteiger partial charge in [-0.25, -0.2) is 0 Å². The number of carbonyl (C=O) groups is 2. The summed E-state index contributed by atoms with van der Waals surface area (Å²) in [7, 11) is 0. The average Bonchev–Trinajstić information content (AvgIpc) is 2.49. The van der Waals surface area contributed by atoms with Crippen LogP contribution in [0.1, 0.15) is 64.7 Å². The predicted molar refractivity (Wildman–Crippen MR) is 78.8 cm³/mol. The first-order chi connectivity index (χ1) is 10.0. The van der Waals surface area contributed by atoms with Crippen molar-refractivity contribution in [1.82, 2.24) is 0 Å². The highest BCUT2D eigenvalue weighted by Crippen LogP contribution is 2.29. The third-order valence-electron chi connectivity index (χ3n) is 4.22. The third-order valence-corrected chi connectivity index (χ3v) is 4.22. The third kappa shape index (κ3) is 6.93. The molecule has 1 saturated carbocycles. The fraction of sp³-hybridized carbons (Fsp3) is 0.875. The van der Waals surface area contributed by atoms with E-state index in [0.29, 0.717) is 32.1 Å². The van der Waals surface area contributed by atoms with Gasteiger partial charge in [0.1, 0.15) is 6.61 Å². The van der Waals surface area contributed by atoms with Gasteiger partial charge < -0.3 is 14.9 Å². The van der Waals surface area contributed by atoms with Crippen molar-refractivity contribution in [3.8, 4) is 0 Å². The number of hydrogen-bond donors (Lipinski definition) is 2. The van der Waals surface area contributed by atoms with Crippen LogP contribution in [-0.2, 0) is 14.3 Å². The number of carboxylic acids is 1. The number of ether oxygens (including phenoxy) is 1. The number of carbonyl (C=O) groups excluding carboxylic acids is 1. The number of aliphatic hydroxyl groups is 1. The van der Waals surface area contributed by atoms with Crippen LogP contribution in [0.15, 0.2) is 0 Å². The second kappa shape index (κ2) is 9.77. The van der Waals surface area contributed by atoms with Gasteiger partial charge in [0.2, 0.25) is 0 Å². The summed E-state index contributed by atoms with van der Waals surface area (Å²) in [6.07, 6.45) is 6.68. The van der Waals surface area contributed by atoms with Gasteiger partial charge in [-0.15, -0.1) is 0 Å². The second-order valence-corrected chi connectivity index (χ2v) is 6.02. The van der Waals surface area contributed by atoms with E-state index in [9.17, 15) is 14.7 Å². The molecule has 0 saturated heterocycles. The lowest BCUT2D eigenvalue weighted by molar-refractivity contribution is -0.155. The number of aliphatic hydroxyl groups excluding tert-OH is 1. The summed E-state index contributed by atoms with van der Waals surface area (Å²) >= 11 is 0. The molecule has 1 aliphatic carbocycles. The summed E-state index contributed by atoms with van der Waals surface area (Å²) in [5.74, 6) is -1.58. The first-order valence-corrected chi connectivity index (χ1v) is 8.12. The average molecular weight is 300 g/mol. The summed E-state index contributed by atoms with van der Waals surface area (Å²) in [5, 5.41) is 18.7. The smallest absolute Gasteiger partial charge is 0.309 e. The van der Waals surface area contributed by atoms with E-state index >= 15 is 0 Å². The van der Waals surface area contributed by atoms with E-state index in [1.807, 2.05) is 0 Å². The molecule has 1 rings (SSSR count). The van der Waals surface area contributed by atoms with Gasteiger partial charge in [0.05, 0.1) is 17.9 Å². The number of hydrogen-bond acceptors (Lipinski definition) is 4. The molecule has 0 amide bonds. The van der Waals surface area contributed by atoms with Crippen LogP contribution in [0.25, 0.3) is 0 Å². The highest BCUT2D eigenvalue weighted by Gasteiger charge is 2.30. The van der Waals surface area contributed by atoms with Crippen molar-refractivity contribution >= 4 is 11.9 Å². The van der Waals surface area contributed by atoms with Crippen LogP contribution in [0.4, 0.5) is 0 Å². The van der Waals surface area contributed by atoms with Gasteiger partial charge in [-0.2, -0.15) is 0 Å². The molecule has 0 aromatic carbocycles. The van der Waals surface area contributed by atoms with Gasteiger partial charge in [-0.3, -0.25) is 9.59 Å². The molecular formula is C16H28O5. The topological polar surface area (TPSA) is 83.8 Å². The van der Waals surface area contributed by atoms with Crippen molar-refractivity contribution in [2.24, 2.45) is 11.8 Å². The van der Waals surface area contributed by atoms with E-state index in [2.05, 4.69) is 6.92 Å². The predicted octanol–water partition coefficient (Wildman–Crippen LogP) is 2.75. The minimum absolute atomic E-state index is 0.0593. The van der Waals surface area contributed by atoms with Gasteiger partial charge in [0.25, 0.3) is 0 Å². The van der Waals surface area contributed by atoms with Crippen LogP contribution >= 0.6 is 0 Å². The summed E-state index contributed by atoms with van der Waals surface area (Å²) in [6.45, 7) is 2.20. The Labute approximate surface area is 126 Å². The minimum atomic E-state index is -0.774. The Morgan fingerprint density at radius 3 is 2.29 bits per heavy atom. The van der Waals surface area contributed by atoms with Crippen molar-refractivity contribution in [2.75, 3.05) is 6.61 Å². The van der Waals surface area contributed by atoms with E-state index in [4.69, 9.17) is 9.84 Å². The zero-order valence-corrected chi connectivity index (χ0v) is 12.9. The lowest BCUT2D eigenvalue weighted by atomic mass is 9.82. The van der Waals surface area contributed by atoms with Gasteiger partial charge in [0, 0.05) is 0 Å². The quantitative estimate of drug-likeness (QED) is 0.505. The lowest BCUT2D eigenvalue weighted by Crippen LogP contribution is -2.29. The van der Waals surface area contributed by atoms with E-state index in [1.54, 1.807) is 0 Å². The van der Waals surface area contributed by atoms with Crippen molar-refractivity contribution < 1.29 is 24.5 Å². The highest BCUT2D eigenvalue weighted by molar-refractivity contribution is 5.74. The maximum absolute atomic E-state index is 11.9. The molecule has 5 nitrogen and oxygen atoms in total. The molecule has 2 N–H and O–H groups in total.